The molecule has 1 aromatic heterocycles. The molecular formula is C23H25ClN4O2. The SMILES string of the molecule is C#CCN(C)CCCCC(=O)Nc1cccc(-c2n[nH]c(=O)c3ccccc23)c1.Cl. The van der Waals surface area contributed by atoms with Crippen molar-refractivity contribution in [1.29, 1.82) is 0 Å². The first-order valence-corrected chi connectivity index (χ1v) is 9.58. The molecule has 0 atom stereocenters. The molecule has 156 valence electrons. The third-order valence-electron chi connectivity index (χ3n) is 4.67. The predicted octanol–water partition coefficient (Wildman–Crippen LogP) is 3.69. The zero-order chi connectivity index (χ0) is 20.6. The lowest BCUT2D eigenvalue weighted by atomic mass is 10.0. The summed E-state index contributed by atoms with van der Waals surface area (Å²) < 4.78 is 0. The van der Waals surface area contributed by atoms with Crippen LogP contribution in [0.4, 0.5) is 5.69 Å². The lowest BCUT2D eigenvalue weighted by Crippen LogP contribution is -2.20. The van der Waals surface area contributed by atoms with Crippen LogP contribution < -0.4 is 10.9 Å². The van der Waals surface area contributed by atoms with Gasteiger partial charge in [-0.3, -0.25) is 14.5 Å². The summed E-state index contributed by atoms with van der Waals surface area (Å²) in [5, 5.41) is 11.1. The molecule has 0 fully saturated rings. The number of fused-ring (bicyclic) bond motifs is 1. The maximum Gasteiger partial charge on any atom is 0.272 e. The number of carbonyl (C=O) groups is 1. The molecule has 0 aliphatic heterocycles. The van der Waals surface area contributed by atoms with Crippen molar-refractivity contribution < 1.29 is 4.79 Å². The van der Waals surface area contributed by atoms with Crippen molar-refractivity contribution >= 4 is 34.8 Å². The van der Waals surface area contributed by atoms with Gasteiger partial charge in [0.1, 0.15) is 0 Å². The maximum absolute atomic E-state index is 12.3. The second kappa shape index (κ2) is 11.1. The molecule has 0 aliphatic rings. The number of carbonyl (C=O) groups excluding carboxylic acids is 1. The second-order valence-corrected chi connectivity index (χ2v) is 6.97. The minimum Gasteiger partial charge on any atom is -0.326 e. The number of nitrogens with one attached hydrogen (secondary N) is 2. The molecule has 1 amide bonds. The molecule has 30 heavy (non-hydrogen) atoms. The van der Waals surface area contributed by atoms with E-state index in [0.717, 1.165) is 30.3 Å². The van der Waals surface area contributed by atoms with Gasteiger partial charge in [-0.05, 0) is 44.6 Å². The topological polar surface area (TPSA) is 78.1 Å². The van der Waals surface area contributed by atoms with Gasteiger partial charge in [-0.15, -0.1) is 18.8 Å². The van der Waals surface area contributed by atoms with Gasteiger partial charge in [0.15, 0.2) is 0 Å². The Kier molecular flexibility index (Phi) is 8.60. The van der Waals surface area contributed by atoms with Gasteiger partial charge in [0.05, 0.1) is 17.6 Å². The Balaban J connectivity index is 0.00000320. The van der Waals surface area contributed by atoms with Crippen molar-refractivity contribution in [3.8, 4) is 23.6 Å². The fraction of sp³-hybridized carbons (Fsp3) is 0.261. The molecule has 6 nitrogen and oxygen atoms in total. The average Bonchev–Trinajstić information content (AvgIpc) is 2.72. The van der Waals surface area contributed by atoms with Crippen molar-refractivity contribution in [3.05, 3.63) is 58.9 Å². The van der Waals surface area contributed by atoms with Crippen LogP contribution in [-0.4, -0.2) is 41.1 Å². The van der Waals surface area contributed by atoms with Gasteiger partial charge in [-0.2, -0.15) is 5.10 Å². The number of nitrogens with zero attached hydrogens (tertiary/aromatic N) is 2. The fourth-order valence-corrected chi connectivity index (χ4v) is 3.20. The summed E-state index contributed by atoms with van der Waals surface area (Å²) >= 11 is 0. The molecule has 0 saturated carbocycles. The van der Waals surface area contributed by atoms with Crippen molar-refractivity contribution in [2.75, 3.05) is 25.5 Å². The first-order chi connectivity index (χ1) is 14.1. The second-order valence-electron chi connectivity index (χ2n) is 6.97. The number of benzene rings is 2. The van der Waals surface area contributed by atoms with Gasteiger partial charge in [-0.25, -0.2) is 5.10 Å². The molecule has 0 aliphatic carbocycles. The molecule has 3 aromatic rings. The van der Waals surface area contributed by atoms with E-state index in [1.165, 1.54) is 0 Å². The van der Waals surface area contributed by atoms with Gasteiger partial charge < -0.3 is 5.32 Å². The highest BCUT2D eigenvalue weighted by Crippen LogP contribution is 2.26. The Labute approximate surface area is 182 Å². The van der Waals surface area contributed by atoms with Crippen LogP contribution in [0.3, 0.4) is 0 Å². The van der Waals surface area contributed by atoms with Crippen LogP contribution in [0.2, 0.25) is 0 Å². The number of rotatable bonds is 8. The monoisotopic (exact) mass is 424 g/mol. The highest BCUT2D eigenvalue weighted by molar-refractivity contribution is 5.95. The van der Waals surface area contributed by atoms with Gasteiger partial charge >= 0.3 is 0 Å². The van der Waals surface area contributed by atoms with Crippen LogP contribution in [-0.2, 0) is 4.79 Å². The van der Waals surface area contributed by atoms with Crippen LogP contribution in [0.25, 0.3) is 22.0 Å². The summed E-state index contributed by atoms with van der Waals surface area (Å²) in [5.41, 5.74) is 1.98. The van der Waals surface area contributed by atoms with Crippen LogP contribution >= 0.6 is 12.4 Å². The number of H-pyrrole nitrogens is 1. The third-order valence-corrected chi connectivity index (χ3v) is 4.67. The molecule has 1 heterocycles. The lowest BCUT2D eigenvalue weighted by Gasteiger charge is -2.12. The Morgan fingerprint density at radius 3 is 2.70 bits per heavy atom. The Morgan fingerprint density at radius 2 is 1.93 bits per heavy atom. The maximum atomic E-state index is 12.3. The summed E-state index contributed by atoms with van der Waals surface area (Å²) in [4.78, 5) is 26.3. The van der Waals surface area contributed by atoms with E-state index < -0.39 is 0 Å². The minimum atomic E-state index is -0.221. The Morgan fingerprint density at radius 1 is 1.17 bits per heavy atom. The van der Waals surface area contributed by atoms with Gasteiger partial charge in [0.2, 0.25) is 5.91 Å². The van der Waals surface area contributed by atoms with E-state index in [9.17, 15) is 9.59 Å². The van der Waals surface area contributed by atoms with E-state index >= 15 is 0 Å². The van der Waals surface area contributed by atoms with Crippen molar-refractivity contribution in [2.24, 2.45) is 0 Å². The largest absolute Gasteiger partial charge is 0.326 e. The number of anilines is 1. The van der Waals surface area contributed by atoms with Crippen LogP contribution in [0.5, 0.6) is 0 Å². The highest BCUT2D eigenvalue weighted by atomic mass is 35.5. The summed E-state index contributed by atoms with van der Waals surface area (Å²) in [7, 11) is 1.97. The van der Waals surface area contributed by atoms with E-state index in [-0.39, 0.29) is 23.9 Å². The van der Waals surface area contributed by atoms with E-state index in [1.54, 1.807) is 6.07 Å². The number of terminal acetylenes is 1. The number of unbranched alkanes of at least 4 members (excludes halogenated alkanes) is 1. The predicted molar refractivity (Wildman–Crippen MR) is 124 cm³/mol. The van der Waals surface area contributed by atoms with E-state index in [4.69, 9.17) is 6.42 Å². The fourth-order valence-electron chi connectivity index (χ4n) is 3.20. The standard InChI is InChI=1S/C23H24N4O2.ClH/c1-3-14-27(2)15-7-6-13-21(28)24-18-10-8-9-17(16-18)22-19-11-4-5-12-20(19)23(29)26-25-22;/h1,4-5,8-12,16H,6-7,13-15H2,2H3,(H,24,28)(H,26,29);1H. The molecule has 7 heteroatoms. The highest BCUT2D eigenvalue weighted by Gasteiger charge is 2.10. The Bertz CT molecular complexity index is 1100. The number of hydrogen-bond acceptors (Lipinski definition) is 4. The molecule has 3 rings (SSSR count). The first-order valence-electron chi connectivity index (χ1n) is 9.58. The van der Waals surface area contributed by atoms with Crippen LogP contribution in [0.1, 0.15) is 19.3 Å². The number of aromatic amines is 1. The van der Waals surface area contributed by atoms with Gasteiger partial charge in [0, 0.05) is 23.1 Å². The molecule has 2 aromatic carbocycles. The summed E-state index contributed by atoms with van der Waals surface area (Å²) in [6.45, 7) is 1.49. The smallest absolute Gasteiger partial charge is 0.272 e. The number of hydrogen-bond donors (Lipinski definition) is 2. The molecule has 0 radical (unpaired) electrons. The van der Waals surface area contributed by atoms with Crippen LogP contribution in [0, 0.1) is 12.3 Å². The van der Waals surface area contributed by atoms with Crippen molar-refractivity contribution in [3.63, 3.8) is 0 Å². The summed E-state index contributed by atoms with van der Waals surface area (Å²) in [6, 6.07) is 14.8. The molecule has 0 unspecified atom stereocenters. The number of aromatic nitrogens is 2. The third kappa shape index (κ3) is 5.93. The summed E-state index contributed by atoms with van der Waals surface area (Å²) in [6.07, 6.45) is 7.45. The van der Waals surface area contributed by atoms with E-state index in [1.807, 2.05) is 49.5 Å². The molecule has 0 spiro atoms. The molecule has 0 bridgehead atoms. The zero-order valence-corrected chi connectivity index (χ0v) is 17.7. The Hall–Kier alpha value is -3.14. The number of halogens is 1. The summed E-state index contributed by atoms with van der Waals surface area (Å²) in [5.74, 6) is 2.58. The zero-order valence-electron chi connectivity index (χ0n) is 16.9. The minimum absolute atomic E-state index is 0. The quantitative estimate of drug-likeness (QED) is 0.427. The normalized spacial score (nSPS) is 10.4. The van der Waals surface area contributed by atoms with Crippen molar-refractivity contribution in [1.82, 2.24) is 15.1 Å². The number of amides is 1. The van der Waals surface area contributed by atoms with Gasteiger partial charge in [0.25, 0.3) is 5.56 Å². The molecular weight excluding hydrogens is 400 g/mol. The molecule has 2 N–H and O–H groups in total. The van der Waals surface area contributed by atoms with E-state index in [0.29, 0.717) is 29.7 Å². The first kappa shape index (κ1) is 23.1. The van der Waals surface area contributed by atoms with Gasteiger partial charge in [-0.1, -0.05) is 36.3 Å². The lowest BCUT2D eigenvalue weighted by molar-refractivity contribution is -0.116. The average molecular weight is 425 g/mol. The van der Waals surface area contributed by atoms with Crippen LogP contribution in [0.15, 0.2) is 53.3 Å². The molecule has 0 saturated heterocycles. The van der Waals surface area contributed by atoms with Crippen molar-refractivity contribution in [2.45, 2.75) is 19.3 Å². The van der Waals surface area contributed by atoms with E-state index in [2.05, 4.69) is 26.3 Å².